The zero-order valence-electron chi connectivity index (χ0n) is 10.6. The highest BCUT2D eigenvalue weighted by Crippen LogP contribution is 2.36. The number of fused-ring (bicyclic) bond motifs is 1. The summed E-state index contributed by atoms with van der Waals surface area (Å²) in [5.41, 5.74) is -0.513. The second kappa shape index (κ2) is 4.18. The van der Waals surface area contributed by atoms with Crippen LogP contribution in [0, 0.1) is 6.92 Å². The van der Waals surface area contributed by atoms with Crippen molar-refractivity contribution in [2.75, 3.05) is 11.6 Å². The molecule has 2 rings (SSSR count). The van der Waals surface area contributed by atoms with Gasteiger partial charge in [-0.15, -0.1) is 0 Å². The second-order valence-corrected chi connectivity index (χ2v) is 4.63. The molecule has 1 aliphatic heterocycles. The minimum absolute atomic E-state index is 0.0643. The van der Waals surface area contributed by atoms with E-state index in [1.54, 1.807) is 20.8 Å². The van der Waals surface area contributed by atoms with Crippen molar-refractivity contribution in [3.63, 3.8) is 0 Å². The quantitative estimate of drug-likeness (QED) is 0.553. The molecule has 1 aromatic heterocycles. The molecule has 1 aromatic rings. The molecule has 7 heteroatoms. The fourth-order valence-electron chi connectivity index (χ4n) is 1.83. The van der Waals surface area contributed by atoms with Crippen molar-refractivity contribution in [3.8, 4) is 5.75 Å². The van der Waals surface area contributed by atoms with Crippen molar-refractivity contribution in [3.05, 3.63) is 11.5 Å². The van der Waals surface area contributed by atoms with Gasteiger partial charge in [-0.1, -0.05) is 0 Å². The first-order chi connectivity index (χ1) is 8.36. The van der Waals surface area contributed by atoms with Crippen LogP contribution in [0.4, 0.5) is 5.82 Å². The van der Waals surface area contributed by atoms with Gasteiger partial charge in [0.25, 0.3) is 5.91 Å². The Morgan fingerprint density at radius 2 is 2.11 bits per heavy atom. The monoisotopic (exact) mass is 252 g/mol. The average Bonchev–Trinajstić information content (AvgIpc) is 2.29. The van der Waals surface area contributed by atoms with Crippen LogP contribution in [-0.4, -0.2) is 33.2 Å². The fourth-order valence-corrected chi connectivity index (χ4v) is 1.83. The third-order valence-electron chi connectivity index (χ3n) is 2.70. The summed E-state index contributed by atoms with van der Waals surface area (Å²) >= 11 is 0. The summed E-state index contributed by atoms with van der Waals surface area (Å²) in [4.78, 5) is 20.3. The van der Waals surface area contributed by atoms with E-state index >= 15 is 0 Å². The van der Waals surface area contributed by atoms with E-state index in [1.165, 1.54) is 0 Å². The van der Waals surface area contributed by atoms with Crippen molar-refractivity contribution in [2.45, 2.75) is 32.8 Å². The second-order valence-electron chi connectivity index (χ2n) is 4.63. The van der Waals surface area contributed by atoms with E-state index in [-0.39, 0.29) is 18.3 Å². The van der Waals surface area contributed by atoms with Gasteiger partial charge in [0.05, 0.1) is 5.69 Å². The van der Waals surface area contributed by atoms with Crippen LogP contribution in [0.25, 0.3) is 0 Å². The fraction of sp³-hybridized carbons (Fsp3) is 0.545. The van der Waals surface area contributed by atoms with E-state index in [1.807, 2.05) is 0 Å². The molecule has 0 saturated heterocycles. The molecule has 18 heavy (non-hydrogen) atoms. The summed E-state index contributed by atoms with van der Waals surface area (Å²) in [6, 6.07) is 0. The van der Waals surface area contributed by atoms with Crippen LogP contribution in [-0.2, 0) is 11.2 Å². The van der Waals surface area contributed by atoms with Crippen LogP contribution in [0.1, 0.15) is 25.4 Å². The van der Waals surface area contributed by atoms with Gasteiger partial charge in [0.15, 0.2) is 17.2 Å². The van der Waals surface area contributed by atoms with Gasteiger partial charge in [-0.3, -0.25) is 4.79 Å². The average molecular weight is 252 g/mol. The summed E-state index contributed by atoms with van der Waals surface area (Å²) < 4.78 is 5.63. The Kier molecular flexibility index (Phi) is 2.95. The number of rotatable bonds is 2. The number of hydrogen-bond donors (Lipinski definition) is 2. The molecule has 0 aromatic carbocycles. The number of hydrazine groups is 1. The molecule has 0 radical (unpaired) electrons. The minimum Gasteiger partial charge on any atom is -0.472 e. The molecule has 0 atom stereocenters. The first-order valence-corrected chi connectivity index (χ1v) is 5.63. The Labute approximate surface area is 105 Å². The molecule has 7 nitrogen and oxygen atoms in total. The lowest BCUT2D eigenvalue weighted by atomic mass is 10.1. The molecule has 0 bridgehead atoms. The predicted octanol–water partition coefficient (Wildman–Crippen LogP) is -0.302. The lowest BCUT2D eigenvalue weighted by molar-refractivity contribution is -0.132. The molecule has 1 aliphatic rings. The highest BCUT2D eigenvalue weighted by atomic mass is 16.5. The number of aromatic nitrogens is 2. The molecule has 3 N–H and O–H groups in total. The minimum atomic E-state index is -1.06. The molecule has 0 spiro atoms. The number of nitrogens with two attached hydrogens (primary N) is 1. The van der Waals surface area contributed by atoms with Crippen molar-refractivity contribution in [1.29, 1.82) is 0 Å². The van der Waals surface area contributed by atoms with Crippen molar-refractivity contribution in [1.82, 2.24) is 9.97 Å². The van der Waals surface area contributed by atoms with Crippen LogP contribution < -0.4 is 15.6 Å². The summed E-state index contributed by atoms with van der Waals surface area (Å²) in [5.74, 6) is 6.46. The Hall–Kier alpha value is -1.73. The topological polar surface area (TPSA) is 102 Å². The Bertz CT molecular complexity index is 501. The molecule has 0 aliphatic carbocycles. The number of aryl methyl sites for hydroxylation is 1. The predicted molar refractivity (Wildman–Crippen MR) is 63.9 cm³/mol. The van der Waals surface area contributed by atoms with Gasteiger partial charge >= 0.3 is 0 Å². The summed E-state index contributed by atoms with van der Waals surface area (Å²) in [7, 11) is 0. The largest absolute Gasteiger partial charge is 0.472 e. The number of nitrogens with zero attached hydrogens (tertiary/aromatic N) is 3. The maximum absolute atomic E-state index is 12.0. The molecule has 0 unspecified atom stereocenters. The standard InChI is InChI=1S/C11H16N4O3/c1-6-13-7(4-5-16)8-9(14-6)15(12)10(17)11(2,3)18-8/h16H,4-5,12H2,1-3H3. The number of aliphatic hydroxyl groups is 1. The van der Waals surface area contributed by atoms with E-state index in [0.717, 1.165) is 5.01 Å². The third kappa shape index (κ3) is 1.91. The van der Waals surface area contributed by atoms with E-state index in [0.29, 0.717) is 23.7 Å². The summed E-state index contributed by atoms with van der Waals surface area (Å²) in [5, 5.41) is 10.0. The highest BCUT2D eigenvalue weighted by molar-refractivity contribution is 6.00. The van der Waals surface area contributed by atoms with E-state index in [4.69, 9.17) is 15.7 Å². The first-order valence-electron chi connectivity index (χ1n) is 5.63. The van der Waals surface area contributed by atoms with Gasteiger partial charge in [-0.25, -0.2) is 20.8 Å². The van der Waals surface area contributed by atoms with Crippen LogP contribution in [0.5, 0.6) is 5.75 Å². The number of amides is 1. The number of hydrogen-bond acceptors (Lipinski definition) is 6. The van der Waals surface area contributed by atoms with Gasteiger partial charge < -0.3 is 9.84 Å². The normalized spacial score (nSPS) is 17.4. The number of ether oxygens (including phenoxy) is 1. The Morgan fingerprint density at radius 3 is 2.72 bits per heavy atom. The SMILES string of the molecule is Cc1nc(CCO)c2c(n1)N(N)C(=O)C(C)(C)O2. The van der Waals surface area contributed by atoms with Crippen LogP contribution >= 0.6 is 0 Å². The smallest absolute Gasteiger partial charge is 0.286 e. The molecule has 2 heterocycles. The lowest BCUT2D eigenvalue weighted by Crippen LogP contribution is -2.56. The zero-order chi connectivity index (χ0) is 13.5. The maximum Gasteiger partial charge on any atom is 0.286 e. The number of carbonyl (C=O) groups is 1. The van der Waals surface area contributed by atoms with E-state index in [9.17, 15) is 4.79 Å². The zero-order valence-corrected chi connectivity index (χ0v) is 10.6. The molecule has 98 valence electrons. The van der Waals surface area contributed by atoms with Crippen molar-refractivity contribution < 1.29 is 14.6 Å². The van der Waals surface area contributed by atoms with Crippen LogP contribution in [0.15, 0.2) is 0 Å². The van der Waals surface area contributed by atoms with E-state index in [2.05, 4.69) is 9.97 Å². The summed E-state index contributed by atoms with van der Waals surface area (Å²) in [6.45, 7) is 4.88. The van der Waals surface area contributed by atoms with Gasteiger partial charge in [0.1, 0.15) is 5.82 Å². The lowest BCUT2D eigenvalue weighted by Gasteiger charge is -2.36. The summed E-state index contributed by atoms with van der Waals surface area (Å²) in [6.07, 6.45) is 0.323. The number of carbonyl (C=O) groups excluding carboxylic acids is 1. The van der Waals surface area contributed by atoms with Crippen molar-refractivity contribution in [2.24, 2.45) is 5.84 Å². The Balaban J connectivity index is 2.59. The highest BCUT2D eigenvalue weighted by Gasteiger charge is 2.42. The Morgan fingerprint density at radius 1 is 1.44 bits per heavy atom. The molecule has 0 fully saturated rings. The molecule has 1 amide bonds. The van der Waals surface area contributed by atoms with Gasteiger partial charge in [-0.2, -0.15) is 0 Å². The molecular weight excluding hydrogens is 236 g/mol. The van der Waals surface area contributed by atoms with E-state index < -0.39 is 5.60 Å². The number of anilines is 1. The molecular formula is C11H16N4O3. The van der Waals surface area contributed by atoms with Gasteiger partial charge in [0.2, 0.25) is 0 Å². The molecule has 0 saturated carbocycles. The van der Waals surface area contributed by atoms with Crippen LogP contribution in [0.2, 0.25) is 0 Å². The number of aliphatic hydroxyl groups excluding tert-OH is 1. The van der Waals surface area contributed by atoms with Gasteiger partial charge in [-0.05, 0) is 20.8 Å². The maximum atomic E-state index is 12.0. The van der Waals surface area contributed by atoms with Gasteiger partial charge in [0, 0.05) is 13.0 Å². The van der Waals surface area contributed by atoms with Crippen LogP contribution in [0.3, 0.4) is 0 Å². The first kappa shape index (κ1) is 12.7. The third-order valence-corrected chi connectivity index (χ3v) is 2.70. The van der Waals surface area contributed by atoms with Crippen molar-refractivity contribution >= 4 is 11.7 Å².